The SMILES string of the molecule is COc1cc(Nc2nc(N)nc3c2ncn3Cc2ccc(C(=O)Nc3ccccc3N)cc2)cc(OC)c1. The van der Waals surface area contributed by atoms with Crippen molar-refractivity contribution in [1.82, 2.24) is 19.5 Å². The van der Waals surface area contributed by atoms with Crippen molar-refractivity contribution in [1.29, 1.82) is 0 Å². The molecule has 1 amide bonds. The molecule has 0 atom stereocenters. The number of hydrogen-bond donors (Lipinski definition) is 4. The second kappa shape index (κ2) is 10.3. The molecule has 3 aromatic carbocycles. The second-order valence-electron chi connectivity index (χ2n) is 8.44. The Morgan fingerprint density at radius 1 is 0.947 bits per heavy atom. The Balaban J connectivity index is 1.36. The topological polar surface area (TPSA) is 155 Å². The van der Waals surface area contributed by atoms with Crippen LogP contribution in [0.2, 0.25) is 0 Å². The Hall–Kier alpha value is -5.32. The number of anilines is 5. The largest absolute Gasteiger partial charge is 0.497 e. The number of rotatable bonds is 8. The van der Waals surface area contributed by atoms with E-state index >= 15 is 0 Å². The number of nitrogen functional groups attached to an aromatic ring is 2. The minimum absolute atomic E-state index is 0.101. The number of ether oxygens (including phenoxy) is 2. The lowest BCUT2D eigenvalue weighted by Crippen LogP contribution is -2.13. The number of fused-ring (bicyclic) bond motifs is 1. The third kappa shape index (κ3) is 5.12. The molecule has 0 saturated heterocycles. The predicted molar refractivity (Wildman–Crippen MR) is 147 cm³/mol. The van der Waals surface area contributed by atoms with E-state index in [0.717, 1.165) is 5.56 Å². The quantitative estimate of drug-likeness (QED) is 0.226. The van der Waals surface area contributed by atoms with Crippen molar-refractivity contribution >= 4 is 45.9 Å². The summed E-state index contributed by atoms with van der Waals surface area (Å²) in [6, 6.07) is 19.8. The van der Waals surface area contributed by atoms with Gasteiger partial charge < -0.3 is 36.1 Å². The standard InChI is InChI=1S/C27H26N8O3/c1-37-19-11-18(12-20(13-19)38-2)31-24-23-25(34-27(29)33-24)35(15-30-23)14-16-7-9-17(10-8-16)26(36)32-22-6-4-3-5-21(22)28/h3-13,15H,14,28H2,1-2H3,(H,32,36)(H3,29,31,33,34). The molecule has 0 spiro atoms. The van der Waals surface area contributed by atoms with Crippen molar-refractivity contribution in [3.8, 4) is 11.5 Å². The highest BCUT2D eigenvalue weighted by Crippen LogP contribution is 2.30. The summed E-state index contributed by atoms with van der Waals surface area (Å²) in [7, 11) is 3.17. The number of imidazole rings is 1. The first-order valence-corrected chi connectivity index (χ1v) is 11.7. The van der Waals surface area contributed by atoms with Gasteiger partial charge in [0.15, 0.2) is 17.0 Å². The Bertz CT molecular complexity index is 1590. The normalized spacial score (nSPS) is 10.8. The van der Waals surface area contributed by atoms with Gasteiger partial charge >= 0.3 is 0 Å². The first-order valence-electron chi connectivity index (χ1n) is 11.7. The van der Waals surface area contributed by atoms with Crippen LogP contribution in [0.3, 0.4) is 0 Å². The summed E-state index contributed by atoms with van der Waals surface area (Å²) in [4.78, 5) is 25.9. The molecule has 11 nitrogen and oxygen atoms in total. The molecular formula is C27H26N8O3. The van der Waals surface area contributed by atoms with Crippen molar-refractivity contribution in [2.45, 2.75) is 6.54 Å². The van der Waals surface area contributed by atoms with Crippen LogP contribution in [0.15, 0.2) is 73.1 Å². The van der Waals surface area contributed by atoms with E-state index in [1.165, 1.54) is 0 Å². The number of amides is 1. The van der Waals surface area contributed by atoms with E-state index in [4.69, 9.17) is 20.9 Å². The maximum atomic E-state index is 12.6. The van der Waals surface area contributed by atoms with Crippen molar-refractivity contribution in [2.75, 3.05) is 36.3 Å². The highest BCUT2D eigenvalue weighted by atomic mass is 16.5. The molecule has 2 aromatic heterocycles. The van der Waals surface area contributed by atoms with Crippen LogP contribution in [0.5, 0.6) is 11.5 Å². The van der Waals surface area contributed by atoms with E-state index in [-0.39, 0.29) is 11.9 Å². The van der Waals surface area contributed by atoms with Crippen molar-refractivity contribution in [3.05, 3.63) is 84.2 Å². The van der Waals surface area contributed by atoms with Crippen LogP contribution in [0.4, 0.5) is 28.8 Å². The van der Waals surface area contributed by atoms with E-state index in [0.29, 0.717) is 57.7 Å². The maximum Gasteiger partial charge on any atom is 0.255 e. The van der Waals surface area contributed by atoms with Gasteiger partial charge in [0.1, 0.15) is 11.5 Å². The van der Waals surface area contributed by atoms with Gasteiger partial charge in [-0.25, -0.2) is 4.98 Å². The van der Waals surface area contributed by atoms with Gasteiger partial charge in [-0.2, -0.15) is 9.97 Å². The Morgan fingerprint density at radius 2 is 1.66 bits per heavy atom. The average Bonchev–Trinajstić information content (AvgIpc) is 3.32. The fourth-order valence-corrected chi connectivity index (χ4v) is 3.94. The van der Waals surface area contributed by atoms with Crippen molar-refractivity contribution < 1.29 is 14.3 Å². The number of carbonyl (C=O) groups excluding carboxylic acids is 1. The lowest BCUT2D eigenvalue weighted by Gasteiger charge is -2.11. The van der Waals surface area contributed by atoms with Gasteiger partial charge in [-0.15, -0.1) is 0 Å². The molecule has 0 aliphatic heterocycles. The molecule has 0 aliphatic carbocycles. The lowest BCUT2D eigenvalue weighted by atomic mass is 10.1. The van der Waals surface area contributed by atoms with Gasteiger partial charge in [0.2, 0.25) is 5.95 Å². The number of aromatic nitrogens is 4. The number of nitrogens with two attached hydrogens (primary N) is 2. The lowest BCUT2D eigenvalue weighted by molar-refractivity contribution is 0.102. The minimum atomic E-state index is -0.243. The van der Waals surface area contributed by atoms with Gasteiger partial charge in [0.25, 0.3) is 5.91 Å². The molecule has 0 saturated carbocycles. The molecule has 11 heteroatoms. The molecule has 5 rings (SSSR count). The van der Waals surface area contributed by atoms with E-state index in [2.05, 4.69) is 25.6 Å². The predicted octanol–water partition coefficient (Wildman–Crippen LogP) is 4.05. The molecule has 38 heavy (non-hydrogen) atoms. The molecule has 5 aromatic rings. The van der Waals surface area contributed by atoms with Gasteiger partial charge in [0.05, 0.1) is 38.5 Å². The Morgan fingerprint density at radius 3 is 2.34 bits per heavy atom. The third-order valence-electron chi connectivity index (χ3n) is 5.87. The van der Waals surface area contributed by atoms with Gasteiger partial charge in [0, 0.05) is 29.4 Å². The number of nitrogens with one attached hydrogen (secondary N) is 2. The van der Waals surface area contributed by atoms with Gasteiger partial charge in [-0.05, 0) is 29.8 Å². The molecule has 192 valence electrons. The van der Waals surface area contributed by atoms with Crippen LogP contribution in [-0.2, 0) is 6.54 Å². The molecular weight excluding hydrogens is 484 g/mol. The summed E-state index contributed by atoms with van der Waals surface area (Å²) in [5, 5.41) is 6.07. The van der Waals surface area contributed by atoms with Crippen LogP contribution in [0.1, 0.15) is 15.9 Å². The fourth-order valence-electron chi connectivity index (χ4n) is 3.94. The van der Waals surface area contributed by atoms with Crippen LogP contribution in [0, 0.1) is 0 Å². The molecule has 0 aliphatic rings. The summed E-state index contributed by atoms with van der Waals surface area (Å²) < 4.78 is 12.6. The highest BCUT2D eigenvalue weighted by Gasteiger charge is 2.15. The summed E-state index contributed by atoms with van der Waals surface area (Å²) in [5.74, 6) is 1.56. The molecule has 6 N–H and O–H groups in total. The van der Waals surface area contributed by atoms with Crippen LogP contribution < -0.4 is 31.6 Å². The number of benzene rings is 3. The van der Waals surface area contributed by atoms with E-state index in [1.54, 1.807) is 50.9 Å². The van der Waals surface area contributed by atoms with Crippen LogP contribution in [0.25, 0.3) is 11.2 Å². The van der Waals surface area contributed by atoms with Gasteiger partial charge in [-0.1, -0.05) is 24.3 Å². The molecule has 0 radical (unpaired) electrons. The summed E-state index contributed by atoms with van der Waals surface area (Å²) >= 11 is 0. The zero-order valence-corrected chi connectivity index (χ0v) is 20.8. The number of carbonyl (C=O) groups is 1. The molecule has 0 unspecified atom stereocenters. The van der Waals surface area contributed by atoms with Gasteiger partial charge in [-0.3, -0.25) is 4.79 Å². The number of nitrogens with zero attached hydrogens (tertiary/aromatic N) is 4. The minimum Gasteiger partial charge on any atom is -0.497 e. The fraction of sp³-hybridized carbons (Fsp3) is 0.111. The number of hydrogen-bond acceptors (Lipinski definition) is 9. The van der Waals surface area contributed by atoms with E-state index in [9.17, 15) is 4.79 Å². The molecule has 0 fully saturated rings. The average molecular weight is 511 g/mol. The Kier molecular flexibility index (Phi) is 6.64. The summed E-state index contributed by atoms with van der Waals surface area (Å²) in [6.45, 7) is 0.465. The zero-order valence-electron chi connectivity index (χ0n) is 20.8. The summed E-state index contributed by atoms with van der Waals surface area (Å²) in [6.07, 6.45) is 1.68. The van der Waals surface area contributed by atoms with Crippen LogP contribution in [-0.4, -0.2) is 39.6 Å². The second-order valence-corrected chi connectivity index (χ2v) is 8.44. The monoisotopic (exact) mass is 510 g/mol. The van der Waals surface area contributed by atoms with E-state index in [1.807, 2.05) is 41.0 Å². The van der Waals surface area contributed by atoms with E-state index < -0.39 is 0 Å². The first-order chi connectivity index (χ1) is 18.4. The molecule has 2 heterocycles. The Labute approximate surface area is 218 Å². The van der Waals surface area contributed by atoms with Crippen molar-refractivity contribution in [2.24, 2.45) is 0 Å². The number of methoxy groups -OCH3 is 2. The van der Waals surface area contributed by atoms with Crippen molar-refractivity contribution in [3.63, 3.8) is 0 Å². The smallest absolute Gasteiger partial charge is 0.255 e. The summed E-state index contributed by atoms with van der Waals surface area (Å²) in [5.41, 5.74) is 16.3. The zero-order chi connectivity index (χ0) is 26.6. The van der Waals surface area contributed by atoms with Crippen LogP contribution >= 0.6 is 0 Å². The number of para-hydroxylation sites is 2. The highest BCUT2D eigenvalue weighted by molar-refractivity contribution is 6.05. The molecule has 0 bridgehead atoms. The maximum absolute atomic E-state index is 12.6. The third-order valence-corrected chi connectivity index (χ3v) is 5.87. The first kappa shape index (κ1) is 24.4.